The molecule has 3 fully saturated rings. The van der Waals surface area contributed by atoms with Crippen LogP contribution in [0.15, 0.2) is 12.3 Å². The van der Waals surface area contributed by atoms with E-state index in [1.807, 2.05) is 24.8 Å². The van der Waals surface area contributed by atoms with E-state index in [1.165, 1.54) is 39.2 Å². The smallest absolute Gasteiger partial charge is 0.339 e. The topological polar surface area (TPSA) is 101 Å². The molecule has 0 aromatic carbocycles. The Bertz CT molecular complexity index is 1210. The number of rotatable bonds is 7. The van der Waals surface area contributed by atoms with Gasteiger partial charge in [-0.2, -0.15) is 0 Å². The van der Waals surface area contributed by atoms with Crippen LogP contribution in [-0.2, 0) is 4.74 Å². The minimum Gasteiger partial charge on any atom is -0.465 e. The van der Waals surface area contributed by atoms with Crippen molar-refractivity contribution < 1.29 is 14.3 Å². The van der Waals surface area contributed by atoms with Crippen LogP contribution in [0.2, 0.25) is 0 Å². The van der Waals surface area contributed by atoms with Crippen LogP contribution in [-0.4, -0.2) is 70.6 Å². The number of hydrogen-bond donors (Lipinski definition) is 1. The van der Waals surface area contributed by atoms with Crippen molar-refractivity contribution in [1.29, 1.82) is 0 Å². The van der Waals surface area contributed by atoms with Gasteiger partial charge in [-0.05, 0) is 70.9 Å². The van der Waals surface area contributed by atoms with Gasteiger partial charge in [0, 0.05) is 32.1 Å². The summed E-state index contributed by atoms with van der Waals surface area (Å²) in [7, 11) is 1.38. The molecule has 1 amide bonds. The summed E-state index contributed by atoms with van der Waals surface area (Å²) in [5.74, 6) is 2.31. The van der Waals surface area contributed by atoms with Gasteiger partial charge in [-0.3, -0.25) is 4.79 Å². The summed E-state index contributed by atoms with van der Waals surface area (Å²) in [5.41, 5.74) is 2.92. The number of pyridine rings is 1. The van der Waals surface area contributed by atoms with Gasteiger partial charge in [0.25, 0.3) is 5.91 Å². The van der Waals surface area contributed by atoms with Gasteiger partial charge in [0.15, 0.2) is 0 Å². The lowest BCUT2D eigenvalue weighted by molar-refractivity contribution is 0.0505. The zero-order valence-corrected chi connectivity index (χ0v) is 24.0. The molecule has 2 aliphatic carbocycles. The standard InChI is InChI=1S/C30H42N6O3/c1-19-15-24(33-20(2)25(19)29(38)39-5)35-13-14-36(30(3,4)18-35)28(37)23-17-32-27(26(34-23)22-11-12-22)31-16-21-9-7-6-8-10-21/h15,17,21-22H,6-14,16,18H2,1-5H3,(H,31,32). The van der Waals surface area contributed by atoms with Crippen molar-refractivity contribution in [2.45, 2.75) is 84.1 Å². The molecule has 9 heteroatoms. The van der Waals surface area contributed by atoms with Gasteiger partial charge in [-0.1, -0.05) is 19.3 Å². The molecule has 0 spiro atoms. The molecular weight excluding hydrogens is 492 g/mol. The number of aryl methyl sites for hydroxylation is 2. The second-order valence-corrected chi connectivity index (χ2v) is 12.1. The third-order valence-electron chi connectivity index (χ3n) is 8.51. The number of ether oxygens (including phenoxy) is 1. The van der Waals surface area contributed by atoms with Crippen LogP contribution in [0.5, 0.6) is 0 Å². The third-order valence-corrected chi connectivity index (χ3v) is 8.51. The summed E-state index contributed by atoms with van der Waals surface area (Å²) >= 11 is 0. The molecule has 2 aromatic rings. The minimum atomic E-state index is -0.445. The molecule has 39 heavy (non-hydrogen) atoms. The van der Waals surface area contributed by atoms with E-state index in [0.29, 0.717) is 48.4 Å². The summed E-state index contributed by atoms with van der Waals surface area (Å²) in [6.07, 6.45) is 10.4. The number of nitrogens with one attached hydrogen (secondary N) is 1. The second kappa shape index (κ2) is 11.1. The van der Waals surface area contributed by atoms with E-state index < -0.39 is 5.54 Å². The van der Waals surface area contributed by atoms with Crippen molar-refractivity contribution >= 4 is 23.5 Å². The summed E-state index contributed by atoms with van der Waals surface area (Å²) in [4.78, 5) is 44.3. The maximum atomic E-state index is 13.7. The lowest BCUT2D eigenvalue weighted by atomic mass is 9.89. The van der Waals surface area contributed by atoms with Crippen molar-refractivity contribution in [3.63, 3.8) is 0 Å². The number of nitrogens with zero attached hydrogens (tertiary/aromatic N) is 5. The number of aromatic nitrogens is 3. The first-order valence-corrected chi connectivity index (χ1v) is 14.4. The molecule has 3 heterocycles. The molecule has 1 aliphatic heterocycles. The number of anilines is 2. The molecule has 5 rings (SSSR count). The van der Waals surface area contributed by atoms with Crippen molar-refractivity contribution in [2.75, 3.05) is 43.5 Å². The Kier molecular flexibility index (Phi) is 7.78. The maximum absolute atomic E-state index is 13.7. The number of carbonyl (C=O) groups excluding carboxylic acids is 2. The number of hydrogen-bond acceptors (Lipinski definition) is 8. The highest BCUT2D eigenvalue weighted by Gasteiger charge is 2.39. The van der Waals surface area contributed by atoms with Crippen LogP contribution in [0, 0.1) is 19.8 Å². The lowest BCUT2D eigenvalue weighted by Gasteiger charge is -2.47. The van der Waals surface area contributed by atoms with Crippen molar-refractivity contribution in [1.82, 2.24) is 19.9 Å². The van der Waals surface area contributed by atoms with Crippen LogP contribution in [0.25, 0.3) is 0 Å². The average molecular weight is 535 g/mol. The average Bonchev–Trinajstić information content (AvgIpc) is 3.76. The fourth-order valence-corrected chi connectivity index (χ4v) is 6.17. The highest BCUT2D eigenvalue weighted by molar-refractivity contribution is 5.93. The van der Waals surface area contributed by atoms with Crippen molar-refractivity contribution in [3.8, 4) is 0 Å². The first kappa shape index (κ1) is 27.3. The maximum Gasteiger partial charge on any atom is 0.339 e. The van der Waals surface area contributed by atoms with Gasteiger partial charge in [-0.25, -0.2) is 19.7 Å². The third kappa shape index (κ3) is 5.87. The van der Waals surface area contributed by atoms with Gasteiger partial charge < -0.3 is 19.9 Å². The number of methoxy groups -OCH3 is 1. The van der Waals surface area contributed by atoms with Crippen molar-refractivity contribution in [3.05, 3.63) is 40.5 Å². The lowest BCUT2D eigenvalue weighted by Crippen LogP contribution is -2.61. The Morgan fingerprint density at radius 3 is 2.46 bits per heavy atom. The number of esters is 1. The summed E-state index contributed by atoms with van der Waals surface area (Å²) < 4.78 is 4.92. The van der Waals surface area contributed by atoms with Crippen LogP contribution in [0.1, 0.15) is 103 Å². The zero-order valence-electron chi connectivity index (χ0n) is 24.0. The number of piperazine rings is 1. The van der Waals surface area contributed by atoms with E-state index in [4.69, 9.17) is 19.7 Å². The summed E-state index contributed by atoms with van der Waals surface area (Å²) in [6.45, 7) is 10.6. The van der Waals surface area contributed by atoms with Gasteiger partial charge in [0.1, 0.15) is 17.3 Å². The van der Waals surface area contributed by atoms with Crippen LogP contribution in [0.4, 0.5) is 11.6 Å². The molecule has 0 radical (unpaired) electrons. The molecule has 2 aromatic heterocycles. The van der Waals surface area contributed by atoms with E-state index >= 15 is 0 Å². The molecule has 9 nitrogen and oxygen atoms in total. The van der Waals surface area contributed by atoms with Gasteiger partial charge >= 0.3 is 5.97 Å². The summed E-state index contributed by atoms with van der Waals surface area (Å²) in [5, 5.41) is 3.57. The number of carbonyl (C=O) groups is 2. The monoisotopic (exact) mass is 534 g/mol. The first-order valence-electron chi connectivity index (χ1n) is 14.4. The van der Waals surface area contributed by atoms with E-state index in [-0.39, 0.29) is 11.9 Å². The van der Waals surface area contributed by atoms with Crippen LogP contribution < -0.4 is 10.2 Å². The van der Waals surface area contributed by atoms with E-state index in [2.05, 4.69) is 24.1 Å². The van der Waals surface area contributed by atoms with Crippen molar-refractivity contribution in [2.24, 2.45) is 5.92 Å². The predicted octanol–water partition coefficient (Wildman–Crippen LogP) is 4.89. The molecular formula is C30H42N6O3. The quantitative estimate of drug-likeness (QED) is 0.502. The highest BCUT2D eigenvalue weighted by Crippen LogP contribution is 2.42. The molecule has 2 saturated carbocycles. The van der Waals surface area contributed by atoms with Gasteiger partial charge in [-0.15, -0.1) is 0 Å². The van der Waals surface area contributed by atoms with E-state index in [0.717, 1.165) is 42.3 Å². The molecule has 0 unspecified atom stereocenters. The fourth-order valence-electron chi connectivity index (χ4n) is 6.17. The summed E-state index contributed by atoms with van der Waals surface area (Å²) in [6, 6.07) is 1.93. The minimum absolute atomic E-state index is 0.0748. The van der Waals surface area contributed by atoms with Crippen LogP contribution >= 0.6 is 0 Å². The SMILES string of the molecule is COC(=O)c1c(C)cc(N2CCN(C(=O)c3cnc(NCC4CCCCC4)c(C4CC4)n3)C(C)(C)C2)nc1C. The molecule has 3 aliphatic rings. The fraction of sp³-hybridized carbons (Fsp3) is 0.633. The van der Waals surface area contributed by atoms with Gasteiger partial charge in [0.05, 0.1) is 35.8 Å². The number of amides is 1. The molecule has 0 bridgehead atoms. The molecule has 1 saturated heterocycles. The molecule has 0 atom stereocenters. The Morgan fingerprint density at radius 1 is 1.08 bits per heavy atom. The molecule has 1 N–H and O–H groups in total. The normalized spacial score (nSPS) is 19.6. The predicted molar refractivity (Wildman–Crippen MR) is 151 cm³/mol. The second-order valence-electron chi connectivity index (χ2n) is 12.1. The zero-order chi connectivity index (χ0) is 27.7. The van der Waals surface area contributed by atoms with Crippen LogP contribution in [0.3, 0.4) is 0 Å². The van der Waals surface area contributed by atoms with E-state index in [9.17, 15) is 9.59 Å². The highest BCUT2D eigenvalue weighted by atomic mass is 16.5. The largest absolute Gasteiger partial charge is 0.465 e. The Balaban J connectivity index is 1.30. The molecule has 210 valence electrons. The first-order chi connectivity index (χ1) is 18.7. The van der Waals surface area contributed by atoms with E-state index in [1.54, 1.807) is 6.20 Å². The van der Waals surface area contributed by atoms with Gasteiger partial charge in [0.2, 0.25) is 0 Å². The Morgan fingerprint density at radius 2 is 1.82 bits per heavy atom. The Labute approximate surface area is 231 Å². The Hall–Kier alpha value is -3.23.